The molecule has 0 radical (unpaired) electrons. The Morgan fingerprint density at radius 1 is 1.50 bits per heavy atom. The minimum atomic E-state index is -1.18. The smallest absolute Gasteiger partial charge is 0.337 e. The third-order valence-electron chi connectivity index (χ3n) is 2.28. The van der Waals surface area contributed by atoms with Gasteiger partial charge in [-0.1, -0.05) is 0 Å². The van der Waals surface area contributed by atoms with E-state index in [0.717, 1.165) is 0 Å². The molecule has 6 nitrogen and oxygen atoms in total. The number of rotatable bonds is 4. The van der Waals surface area contributed by atoms with Gasteiger partial charge in [-0.05, 0) is 24.6 Å². The molecule has 0 spiro atoms. The zero-order chi connectivity index (χ0) is 13.7. The van der Waals surface area contributed by atoms with Crippen molar-refractivity contribution < 1.29 is 19.4 Å². The molecule has 1 aromatic rings. The minimum absolute atomic E-state index is 0.0799. The van der Waals surface area contributed by atoms with Crippen molar-refractivity contribution >= 4 is 17.6 Å². The monoisotopic (exact) mass is 248 g/mol. The molecular formula is C12H12N2O4. The fourth-order valence-corrected chi connectivity index (χ4v) is 1.45. The van der Waals surface area contributed by atoms with Gasteiger partial charge in [0.2, 0.25) is 5.91 Å². The number of nitrogens with one attached hydrogen (secondary N) is 1. The number of aromatic carboxylic acids is 1. The molecule has 0 aliphatic heterocycles. The number of carboxylic acids is 1. The van der Waals surface area contributed by atoms with Crippen LogP contribution in [-0.2, 0) is 4.79 Å². The Balaban J connectivity index is 3.18. The van der Waals surface area contributed by atoms with Crippen LogP contribution in [0.15, 0.2) is 12.1 Å². The molecule has 0 heterocycles. The predicted octanol–water partition coefficient (Wildman–Crippen LogP) is 1.55. The third kappa shape index (κ3) is 2.98. The second-order valence-electron chi connectivity index (χ2n) is 3.56. The average molecular weight is 248 g/mol. The van der Waals surface area contributed by atoms with Crippen molar-refractivity contribution in [3.8, 4) is 11.8 Å². The Kier molecular flexibility index (Phi) is 4.27. The average Bonchev–Trinajstić information content (AvgIpc) is 2.29. The van der Waals surface area contributed by atoms with Crippen LogP contribution in [0.3, 0.4) is 0 Å². The standard InChI is InChI=1S/C12H12N2O4/c1-7-5-9(14-11(15)3-4-13)8(12(16)17)6-10(7)18-2/h5-6H,3H2,1-2H3,(H,14,15)(H,16,17). The summed E-state index contributed by atoms with van der Waals surface area (Å²) in [6.07, 6.45) is -0.329. The molecule has 0 fully saturated rings. The number of anilines is 1. The highest BCUT2D eigenvalue weighted by atomic mass is 16.5. The van der Waals surface area contributed by atoms with Crippen LogP contribution < -0.4 is 10.1 Å². The van der Waals surface area contributed by atoms with Gasteiger partial charge in [0, 0.05) is 0 Å². The SMILES string of the molecule is COc1cc(C(=O)O)c(NC(=O)CC#N)cc1C. The molecule has 1 rings (SSSR count). The number of hydrogen-bond acceptors (Lipinski definition) is 4. The first kappa shape index (κ1) is 13.5. The van der Waals surface area contributed by atoms with Crippen LogP contribution in [0.1, 0.15) is 22.3 Å². The van der Waals surface area contributed by atoms with E-state index in [1.54, 1.807) is 13.0 Å². The number of amides is 1. The summed E-state index contributed by atoms with van der Waals surface area (Å²) in [5.74, 6) is -1.31. The fourth-order valence-electron chi connectivity index (χ4n) is 1.45. The van der Waals surface area contributed by atoms with Crippen LogP contribution in [0.2, 0.25) is 0 Å². The van der Waals surface area contributed by atoms with E-state index < -0.39 is 11.9 Å². The molecule has 0 atom stereocenters. The predicted molar refractivity (Wildman–Crippen MR) is 63.6 cm³/mol. The van der Waals surface area contributed by atoms with E-state index in [2.05, 4.69) is 5.32 Å². The second-order valence-corrected chi connectivity index (χ2v) is 3.56. The van der Waals surface area contributed by atoms with Crippen molar-refractivity contribution in [2.24, 2.45) is 0 Å². The number of benzene rings is 1. The molecule has 0 bridgehead atoms. The first-order chi connectivity index (χ1) is 8.49. The third-order valence-corrected chi connectivity index (χ3v) is 2.28. The lowest BCUT2D eigenvalue weighted by molar-refractivity contribution is -0.115. The van der Waals surface area contributed by atoms with Crippen LogP contribution in [0.5, 0.6) is 5.75 Å². The maximum Gasteiger partial charge on any atom is 0.337 e. The van der Waals surface area contributed by atoms with Crippen molar-refractivity contribution in [3.05, 3.63) is 23.3 Å². The summed E-state index contributed by atoms with van der Waals surface area (Å²) in [7, 11) is 1.43. The van der Waals surface area contributed by atoms with Crippen molar-refractivity contribution in [1.82, 2.24) is 0 Å². The van der Waals surface area contributed by atoms with E-state index in [1.807, 2.05) is 0 Å². The summed E-state index contributed by atoms with van der Waals surface area (Å²) in [5.41, 5.74) is 0.763. The Hall–Kier alpha value is -2.55. The van der Waals surface area contributed by atoms with Crippen molar-refractivity contribution in [2.75, 3.05) is 12.4 Å². The minimum Gasteiger partial charge on any atom is -0.496 e. The summed E-state index contributed by atoms with van der Waals surface area (Å²) >= 11 is 0. The highest BCUT2D eigenvalue weighted by Crippen LogP contribution is 2.26. The van der Waals surface area contributed by atoms with Gasteiger partial charge in [-0.2, -0.15) is 5.26 Å². The van der Waals surface area contributed by atoms with E-state index >= 15 is 0 Å². The van der Waals surface area contributed by atoms with Gasteiger partial charge in [0.05, 0.1) is 24.4 Å². The van der Waals surface area contributed by atoms with E-state index in [1.165, 1.54) is 19.2 Å². The van der Waals surface area contributed by atoms with Crippen LogP contribution in [0, 0.1) is 18.3 Å². The van der Waals surface area contributed by atoms with Gasteiger partial charge in [-0.3, -0.25) is 4.79 Å². The van der Waals surface area contributed by atoms with Gasteiger partial charge in [-0.25, -0.2) is 4.79 Å². The zero-order valence-corrected chi connectivity index (χ0v) is 9.98. The Bertz CT molecular complexity index is 532. The number of hydrogen-bond donors (Lipinski definition) is 2. The Morgan fingerprint density at radius 2 is 2.17 bits per heavy atom. The lowest BCUT2D eigenvalue weighted by Gasteiger charge is -2.11. The van der Waals surface area contributed by atoms with E-state index in [4.69, 9.17) is 15.1 Å². The molecule has 0 aliphatic carbocycles. The normalized spacial score (nSPS) is 9.39. The number of carboxylic acid groups (broad SMARTS) is 1. The highest BCUT2D eigenvalue weighted by Gasteiger charge is 2.15. The van der Waals surface area contributed by atoms with Crippen LogP contribution in [0.25, 0.3) is 0 Å². The van der Waals surface area contributed by atoms with Crippen molar-refractivity contribution in [1.29, 1.82) is 5.26 Å². The number of aryl methyl sites for hydroxylation is 1. The van der Waals surface area contributed by atoms with E-state index in [-0.39, 0.29) is 17.7 Å². The highest BCUT2D eigenvalue weighted by molar-refractivity contribution is 6.01. The van der Waals surface area contributed by atoms with Crippen molar-refractivity contribution in [3.63, 3.8) is 0 Å². The Labute approximate surface area is 104 Å². The van der Waals surface area contributed by atoms with Gasteiger partial charge >= 0.3 is 5.97 Å². The molecule has 94 valence electrons. The largest absolute Gasteiger partial charge is 0.496 e. The van der Waals surface area contributed by atoms with Gasteiger partial charge in [0.1, 0.15) is 12.2 Å². The zero-order valence-electron chi connectivity index (χ0n) is 9.98. The lowest BCUT2D eigenvalue weighted by atomic mass is 10.1. The number of carbonyl (C=O) groups excluding carboxylic acids is 1. The van der Waals surface area contributed by atoms with Gasteiger partial charge < -0.3 is 15.2 Å². The maximum atomic E-state index is 11.3. The van der Waals surface area contributed by atoms with Gasteiger partial charge in [-0.15, -0.1) is 0 Å². The summed E-state index contributed by atoms with van der Waals surface area (Å²) in [6, 6.07) is 4.52. The van der Waals surface area contributed by atoms with Crippen LogP contribution >= 0.6 is 0 Å². The molecule has 18 heavy (non-hydrogen) atoms. The van der Waals surface area contributed by atoms with Crippen LogP contribution in [-0.4, -0.2) is 24.1 Å². The van der Waals surface area contributed by atoms with Crippen molar-refractivity contribution in [2.45, 2.75) is 13.3 Å². The topological polar surface area (TPSA) is 99.4 Å². The number of ether oxygens (including phenoxy) is 1. The Morgan fingerprint density at radius 3 is 2.67 bits per heavy atom. The van der Waals surface area contributed by atoms with Crippen LogP contribution in [0.4, 0.5) is 5.69 Å². The van der Waals surface area contributed by atoms with Gasteiger partial charge in [0.25, 0.3) is 0 Å². The number of nitrogens with zero attached hydrogens (tertiary/aromatic N) is 1. The first-order valence-corrected chi connectivity index (χ1v) is 5.08. The molecule has 2 N–H and O–H groups in total. The summed E-state index contributed by atoms with van der Waals surface area (Å²) in [5, 5.41) is 19.8. The second kappa shape index (κ2) is 5.68. The molecule has 0 unspecified atom stereocenters. The quantitative estimate of drug-likeness (QED) is 0.842. The molecule has 6 heteroatoms. The molecular weight excluding hydrogens is 236 g/mol. The molecule has 0 saturated heterocycles. The number of carbonyl (C=O) groups is 2. The number of nitriles is 1. The molecule has 1 amide bonds. The molecule has 0 saturated carbocycles. The molecule has 1 aromatic carbocycles. The first-order valence-electron chi connectivity index (χ1n) is 5.08. The number of methoxy groups -OCH3 is 1. The summed E-state index contributed by atoms with van der Waals surface area (Å²) in [4.78, 5) is 22.4. The lowest BCUT2D eigenvalue weighted by Crippen LogP contribution is -2.14. The fraction of sp³-hybridized carbons (Fsp3) is 0.250. The van der Waals surface area contributed by atoms with Gasteiger partial charge in [0.15, 0.2) is 0 Å². The van der Waals surface area contributed by atoms with E-state index in [0.29, 0.717) is 11.3 Å². The summed E-state index contributed by atoms with van der Waals surface area (Å²) < 4.78 is 5.01. The molecule has 0 aliphatic rings. The van der Waals surface area contributed by atoms with E-state index in [9.17, 15) is 9.59 Å². The summed E-state index contributed by atoms with van der Waals surface area (Å²) in [6.45, 7) is 1.73. The maximum absolute atomic E-state index is 11.3. The molecule has 0 aromatic heterocycles.